The van der Waals surface area contributed by atoms with Gasteiger partial charge in [0.05, 0.1) is 12.5 Å². The van der Waals surface area contributed by atoms with Crippen molar-refractivity contribution < 1.29 is 4.79 Å². The van der Waals surface area contributed by atoms with Crippen molar-refractivity contribution >= 4 is 34.2 Å². The zero-order valence-corrected chi connectivity index (χ0v) is 13.3. The predicted molar refractivity (Wildman–Crippen MR) is 88.8 cm³/mol. The molecule has 1 aliphatic heterocycles. The Morgan fingerprint density at radius 1 is 1.20 bits per heavy atom. The first-order valence-electron chi connectivity index (χ1n) is 6.53. The smallest absolute Gasteiger partial charge is 0.228 e. The molecule has 1 unspecified atom stereocenters. The fraction of sp³-hybridized carbons (Fsp3) is 0.188. The summed E-state index contributed by atoms with van der Waals surface area (Å²) in [7, 11) is 1.96. The van der Waals surface area contributed by atoms with Crippen LogP contribution in [0, 0.1) is 3.57 Å². The van der Waals surface area contributed by atoms with Gasteiger partial charge in [-0.05, 0) is 64.5 Å². The van der Waals surface area contributed by atoms with Crippen molar-refractivity contribution in [3.8, 4) is 0 Å². The van der Waals surface area contributed by atoms with Crippen molar-refractivity contribution in [2.24, 2.45) is 0 Å². The number of amides is 1. The zero-order valence-electron chi connectivity index (χ0n) is 11.1. The fourth-order valence-electron chi connectivity index (χ4n) is 2.64. The molecule has 0 radical (unpaired) electrons. The van der Waals surface area contributed by atoms with E-state index in [2.05, 4.69) is 69.6 Å². The lowest BCUT2D eigenvalue weighted by atomic mass is 9.96. The Morgan fingerprint density at radius 3 is 2.75 bits per heavy atom. The summed E-state index contributed by atoms with van der Waals surface area (Å²) < 4.78 is 1.22. The number of halogens is 1. The summed E-state index contributed by atoms with van der Waals surface area (Å²) in [5, 5.41) is 6.23. The van der Waals surface area contributed by atoms with Gasteiger partial charge >= 0.3 is 0 Å². The molecule has 0 spiro atoms. The Morgan fingerprint density at radius 2 is 2.00 bits per heavy atom. The van der Waals surface area contributed by atoms with Gasteiger partial charge < -0.3 is 10.6 Å². The number of nitrogens with one attached hydrogen (secondary N) is 2. The standard InChI is InChI=1S/C16H15IN2O/c1-18-16(10-3-2-4-13(17)8-10)11-5-6-14-12(7-11)9-15(20)19-14/h2-8,16,18H,9H2,1H3,(H,19,20). The molecule has 102 valence electrons. The van der Waals surface area contributed by atoms with Crippen LogP contribution in [0.15, 0.2) is 42.5 Å². The van der Waals surface area contributed by atoms with Crippen LogP contribution in [0.25, 0.3) is 0 Å². The Labute approximate surface area is 131 Å². The average molecular weight is 378 g/mol. The lowest BCUT2D eigenvalue weighted by Gasteiger charge is -2.18. The molecule has 0 fully saturated rings. The molecule has 0 aliphatic carbocycles. The van der Waals surface area contributed by atoms with E-state index in [1.54, 1.807) is 0 Å². The number of rotatable bonds is 3. The highest BCUT2D eigenvalue weighted by molar-refractivity contribution is 14.1. The largest absolute Gasteiger partial charge is 0.326 e. The second-order valence-corrected chi connectivity index (χ2v) is 6.16. The molecule has 0 saturated heterocycles. The summed E-state index contributed by atoms with van der Waals surface area (Å²) in [6.07, 6.45) is 0.478. The van der Waals surface area contributed by atoms with Crippen LogP contribution in [0.3, 0.4) is 0 Å². The van der Waals surface area contributed by atoms with Crippen LogP contribution < -0.4 is 10.6 Å². The van der Waals surface area contributed by atoms with Crippen molar-refractivity contribution in [3.05, 3.63) is 62.7 Å². The summed E-state index contributed by atoms with van der Waals surface area (Å²) in [4.78, 5) is 11.4. The topological polar surface area (TPSA) is 41.1 Å². The Balaban J connectivity index is 1.98. The van der Waals surface area contributed by atoms with Gasteiger partial charge in [0.15, 0.2) is 0 Å². The van der Waals surface area contributed by atoms with Crippen LogP contribution in [-0.2, 0) is 11.2 Å². The zero-order chi connectivity index (χ0) is 14.1. The molecule has 0 bridgehead atoms. The molecule has 0 saturated carbocycles. The minimum Gasteiger partial charge on any atom is -0.326 e. The molecule has 2 aromatic rings. The lowest BCUT2D eigenvalue weighted by molar-refractivity contribution is -0.115. The highest BCUT2D eigenvalue weighted by Crippen LogP contribution is 2.29. The summed E-state index contributed by atoms with van der Waals surface area (Å²) in [5.41, 5.74) is 4.44. The van der Waals surface area contributed by atoms with Crippen LogP contribution in [-0.4, -0.2) is 13.0 Å². The molecular weight excluding hydrogens is 363 g/mol. The van der Waals surface area contributed by atoms with Gasteiger partial charge in [0.1, 0.15) is 0 Å². The van der Waals surface area contributed by atoms with Gasteiger partial charge in [0.25, 0.3) is 0 Å². The Bertz CT molecular complexity index is 669. The van der Waals surface area contributed by atoms with Gasteiger partial charge in [-0.2, -0.15) is 0 Å². The first kappa shape index (κ1) is 13.6. The van der Waals surface area contributed by atoms with Crippen molar-refractivity contribution in [2.75, 3.05) is 12.4 Å². The van der Waals surface area contributed by atoms with E-state index in [0.717, 1.165) is 11.3 Å². The molecule has 2 aromatic carbocycles. The third-order valence-electron chi connectivity index (χ3n) is 3.56. The second-order valence-electron chi connectivity index (χ2n) is 4.92. The van der Waals surface area contributed by atoms with E-state index in [0.29, 0.717) is 6.42 Å². The normalized spacial score (nSPS) is 14.8. The number of hydrogen-bond donors (Lipinski definition) is 2. The maximum atomic E-state index is 11.4. The van der Waals surface area contributed by atoms with E-state index < -0.39 is 0 Å². The molecule has 1 heterocycles. The first-order valence-corrected chi connectivity index (χ1v) is 7.60. The SMILES string of the molecule is CNC(c1cccc(I)c1)c1ccc2c(c1)CC(=O)N2. The second kappa shape index (κ2) is 5.54. The first-order chi connectivity index (χ1) is 9.67. The van der Waals surface area contributed by atoms with Crippen molar-refractivity contribution in [3.63, 3.8) is 0 Å². The summed E-state index contributed by atoms with van der Waals surface area (Å²) >= 11 is 2.32. The monoisotopic (exact) mass is 378 g/mol. The van der Waals surface area contributed by atoms with Gasteiger partial charge in [-0.15, -0.1) is 0 Å². The third kappa shape index (κ3) is 2.58. The van der Waals surface area contributed by atoms with Gasteiger partial charge in [-0.1, -0.05) is 24.3 Å². The van der Waals surface area contributed by atoms with E-state index in [9.17, 15) is 4.79 Å². The lowest BCUT2D eigenvalue weighted by Crippen LogP contribution is -2.17. The maximum absolute atomic E-state index is 11.4. The Kier molecular flexibility index (Phi) is 3.76. The molecule has 1 atom stereocenters. The fourth-order valence-corrected chi connectivity index (χ4v) is 3.21. The molecule has 2 N–H and O–H groups in total. The van der Waals surface area contributed by atoms with Crippen LogP contribution >= 0.6 is 22.6 Å². The van der Waals surface area contributed by atoms with Crippen molar-refractivity contribution in [1.82, 2.24) is 5.32 Å². The minimum atomic E-state index is 0.0763. The molecule has 3 rings (SSSR count). The molecular formula is C16H15IN2O. The summed E-state index contributed by atoms with van der Waals surface area (Å²) in [6.45, 7) is 0. The number of anilines is 1. The van der Waals surface area contributed by atoms with Gasteiger partial charge in [0.2, 0.25) is 5.91 Å². The molecule has 1 amide bonds. The molecule has 3 nitrogen and oxygen atoms in total. The summed E-state index contributed by atoms with van der Waals surface area (Å²) in [5.74, 6) is 0.0763. The van der Waals surface area contributed by atoms with Crippen LogP contribution in [0.5, 0.6) is 0 Å². The van der Waals surface area contributed by atoms with Crippen molar-refractivity contribution in [2.45, 2.75) is 12.5 Å². The minimum absolute atomic E-state index is 0.0763. The van der Waals surface area contributed by atoms with E-state index in [1.807, 2.05) is 13.1 Å². The number of carbonyl (C=O) groups excluding carboxylic acids is 1. The molecule has 20 heavy (non-hydrogen) atoms. The van der Waals surface area contributed by atoms with Crippen LogP contribution in [0.2, 0.25) is 0 Å². The van der Waals surface area contributed by atoms with Crippen LogP contribution in [0.4, 0.5) is 5.69 Å². The van der Waals surface area contributed by atoms with E-state index in [1.165, 1.54) is 14.7 Å². The number of benzene rings is 2. The predicted octanol–water partition coefficient (Wildman–Crippen LogP) is 3.09. The average Bonchev–Trinajstić information content (AvgIpc) is 2.79. The highest BCUT2D eigenvalue weighted by atomic mass is 127. The number of carbonyl (C=O) groups is 1. The Hall–Kier alpha value is -1.40. The van der Waals surface area contributed by atoms with Gasteiger partial charge in [-0.3, -0.25) is 4.79 Å². The van der Waals surface area contributed by atoms with E-state index >= 15 is 0 Å². The van der Waals surface area contributed by atoms with E-state index in [4.69, 9.17) is 0 Å². The number of hydrogen-bond acceptors (Lipinski definition) is 2. The highest BCUT2D eigenvalue weighted by Gasteiger charge is 2.20. The molecule has 4 heteroatoms. The van der Waals surface area contributed by atoms with Crippen LogP contribution in [0.1, 0.15) is 22.7 Å². The molecule has 1 aliphatic rings. The quantitative estimate of drug-likeness (QED) is 0.807. The maximum Gasteiger partial charge on any atom is 0.228 e. The summed E-state index contributed by atoms with van der Waals surface area (Å²) in [6, 6.07) is 14.8. The number of fused-ring (bicyclic) bond motifs is 1. The van der Waals surface area contributed by atoms with Crippen molar-refractivity contribution in [1.29, 1.82) is 0 Å². The molecule has 0 aromatic heterocycles. The third-order valence-corrected chi connectivity index (χ3v) is 4.23. The van der Waals surface area contributed by atoms with E-state index in [-0.39, 0.29) is 11.9 Å². The van der Waals surface area contributed by atoms with Gasteiger partial charge in [0, 0.05) is 9.26 Å². The van der Waals surface area contributed by atoms with Gasteiger partial charge in [-0.25, -0.2) is 0 Å².